The molecule has 0 saturated heterocycles. The van der Waals surface area contributed by atoms with Gasteiger partial charge in [-0.05, 0) is 143 Å². The molecule has 1 aromatic rings. The molecule has 4 N–H and O–H groups in total. The molecular weight excluding hydrogens is 603 g/mol. The summed E-state index contributed by atoms with van der Waals surface area (Å²) in [5, 5.41) is 0. The van der Waals surface area contributed by atoms with Crippen LogP contribution < -0.4 is 16.2 Å². The second-order valence-corrected chi connectivity index (χ2v) is 15.1. The highest BCUT2D eigenvalue weighted by molar-refractivity contribution is 14.1. The highest BCUT2D eigenvalue weighted by Gasteiger charge is 2.61. The second-order valence-electron chi connectivity index (χ2n) is 13.6. The molecule has 3 nitrogen and oxygen atoms in total. The number of nitrogen functional groups attached to an aromatic ring is 2. The van der Waals surface area contributed by atoms with Crippen molar-refractivity contribution >= 4 is 34.0 Å². The molecule has 4 aliphatic carbocycles. The lowest BCUT2D eigenvalue weighted by atomic mass is 9.55. The fourth-order valence-electron chi connectivity index (χ4n) is 9.56. The predicted molar refractivity (Wildman–Crippen MR) is 184 cm³/mol. The zero-order valence-corrected chi connectivity index (χ0v) is 29.2. The number of ether oxygens (including phenoxy) is 1. The van der Waals surface area contributed by atoms with Crippen LogP contribution >= 0.6 is 22.6 Å². The Balaban J connectivity index is 0.00000106. The summed E-state index contributed by atoms with van der Waals surface area (Å²) in [5.74, 6) is 5.21. The number of fused-ring (bicyclic) bond motifs is 3. The maximum atomic E-state index is 6.50. The van der Waals surface area contributed by atoms with Gasteiger partial charge in [-0.15, -0.1) is 0 Å². The molecule has 4 saturated carbocycles. The van der Waals surface area contributed by atoms with Gasteiger partial charge < -0.3 is 16.2 Å². The van der Waals surface area contributed by atoms with E-state index in [1.165, 1.54) is 69.8 Å². The summed E-state index contributed by atoms with van der Waals surface area (Å²) in [4.78, 5) is 0. The monoisotopic (exact) mass is 664 g/mol. The maximum Gasteiger partial charge on any atom is 0.142 e. The van der Waals surface area contributed by atoms with E-state index in [2.05, 4.69) is 56.4 Å². The number of halogens is 1. The lowest BCUT2D eigenvalue weighted by Crippen LogP contribution is -2.48. The molecule has 5 rings (SSSR count). The minimum atomic E-state index is 0.285. The number of allylic oxidation sites excluding steroid dienone is 2. The fourth-order valence-corrected chi connectivity index (χ4v) is 11.6. The van der Waals surface area contributed by atoms with Crippen molar-refractivity contribution in [3.63, 3.8) is 0 Å². The number of anilines is 2. The zero-order chi connectivity index (χ0) is 29.7. The molecule has 228 valence electrons. The van der Waals surface area contributed by atoms with Crippen LogP contribution in [0, 0.1) is 40.4 Å². The van der Waals surface area contributed by atoms with Crippen LogP contribution in [-0.2, 0) is 0 Å². The van der Waals surface area contributed by atoms with Crippen LogP contribution in [0.15, 0.2) is 29.8 Å². The summed E-state index contributed by atoms with van der Waals surface area (Å²) >= 11 is 2.93. The van der Waals surface area contributed by atoms with E-state index >= 15 is 0 Å². The molecule has 4 heteroatoms. The summed E-state index contributed by atoms with van der Waals surface area (Å²) in [5.41, 5.74) is 16.0. The summed E-state index contributed by atoms with van der Waals surface area (Å²) in [6.07, 6.45) is 17.7. The third-order valence-corrected chi connectivity index (χ3v) is 13.0. The summed E-state index contributed by atoms with van der Waals surface area (Å²) in [6.45, 7) is 17.8. The topological polar surface area (TPSA) is 61.3 Å². The minimum absolute atomic E-state index is 0.285. The van der Waals surface area contributed by atoms with E-state index in [0.29, 0.717) is 22.2 Å². The van der Waals surface area contributed by atoms with Gasteiger partial charge in [-0.2, -0.15) is 0 Å². The highest BCUT2D eigenvalue weighted by Crippen LogP contribution is 2.68. The van der Waals surface area contributed by atoms with Crippen molar-refractivity contribution < 1.29 is 4.74 Å². The molecule has 2 bridgehead atoms. The average Bonchev–Trinajstić information content (AvgIpc) is 3.25. The third-order valence-electron chi connectivity index (χ3n) is 11.3. The van der Waals surface area contributed by atoms with E-state index in [4.69, 9.17) is 16.2 Å². The molecule has 1 aromatic carbocycles. The number of rotatable bonds is 6. The van der Waals surface area contributed by atoms with E-state index in [-0.39, 0.29) is 6.10 Å². The highest BCUT2D eigenvalue weighted by atomic mass is 127. The van der Waals surface area contributed by atoms with Crippen LogP contribution in [0.25, 0.3) is 0 Å². The van der Waals surface area contributed by atoms with Crippen molar-refractivity contribution in [2.75, 3.05) is 11.5 Å². The van der Waals surface area contributed by atoms with Crippen molar-refractivity contribution in [1.29, 1.82) is 0 Å². The molecular formula is C36H61IN2O. The Labute approximate surface area is 261 Å². The van der Waals surface area contributed by atoms with Gasteiger partial charge in [0.1, 0.15) is 5.75 Å². The van der Waals surface area contributed by atoms with Crippen molar-refractivity contribution in [1.82, 2.24) is 0 Å². The van der Waals surface area contributed by atoms with Crippen LogP contribution in [-0.4, -0.2) is 10.0 Å². The Hall–Kier alpha value is -0.910. The number of benzene rings is 1. The first-order chi connectivity index (χ1) is 19.1. The van der Waals surface area contributed by atoms with E-state index in [1.807, 2.05) is 45.9 Å². The smallest absolute Gasteiger partial charge is 0.142 e. The normalized spacial score (nSPS) is 36.7. The van der Waals surface area contributed by atoms with Gasteiger partial charge in [-0.1, -0.05) is 75.8 Å². The SMILES string of the molecule is CC.CC.CC(C)=CCCC(C)C1CCC2C3CCC4CC(Oc5ccc(N)cc5N)CCC4(C3)C(I)CC12C. The molecule has 0 amide bonds. The Morgan fingerprint density at radius 3 is 2.45 bits per heavy atom. The Morgan fingerprint density at radius 1 is 1.05 bits per heavy atom. The molecule has 4 aliphatic rings. The Kier molecular flexibility index (Phi) is 12.2. The van der Waals surface area contributed by atoms with Gasteiger partial charge in [0.15, 0.2) is 0 Å². The average molecular weight is 665 g/mol. The molecule has 9 unspecified atom stereocenters. The standard InChI is InChI=1S/C32H49IN2O.2C2H6/c1-20(2)6-5-7-21(3)26-11-12-27-22-8-9-23-16-25(36-29-13-10-24(34)17-28(29)35)14-15-32(23,18-22)30(33)19-31(26,27)4;2*1-2/h6,10,13,17,21-23,25-27,30H,5,7-9,11-12,14-16,18-19,34-35H2,1-4H3;2*1-2H3. The first-order valence-electron chi connectivity index (χ1n) is 16.7. The van der Waals surface area contributed by atoms with E-state index in [1.54, 1.807) is 0 Å². The summed E-state index contributed by atoms with van der Waals surface area (Å²) < 4.78 is 7.28. The van der Waals surface area contributed by atoms with Crippen LogP contribution in [0.2, 0.25) is 0 Å². The zero-order valence-electron chi connectivity index (χ0n) is 27.1. The van der Waals surface area contributed by atoms with Crippen molar-refractivity contribution in [3.8, 4) is 5.75 Å². The van der Waals surface area contributed by atoms with Gasteiger partial charge in [0.25, 0.3) is 0 Å². The number of nitrogens with two attached hydrogens (primary N) is 2. The number of hydrogen-bond acceptors (Lipinski definition) is 3. The molecule has 4 fully saturated rings. The summed E-state index contributed by atoms with van der Waals surface area (Å²) in [6, 6.07) is 5.69. The lowest BCUT2D eigenvalue weighted by Gasteiger charge is -2.53. The molecule has 1 spiro atoms. The minimum Gasteiger partial charge on any atom is -0.488 e. The first kappa shape index (κ1) is 33.6. The molecule has 0 radical (unpaired) electrons. The van der Waals surface area contributed by atoms with E-state index in [9.17, 15) is 0 Å². The van der Waals surface area contributed by atoms with Crippen LogP contribution in [0.1, 0.15) is 126 Å². The van der Waals surface area contributed by atoms with Crippen molar-refractivity contribution in [2.24, 2.45) is 40.4 Å². The van der Waals surface area contributed by atoms with Gasteiger partial charge in [0.05, 0.1) is 11.8 Å². The maximum absolute atomic E-state index is 6.50. The van der Waals surface area contributed by atoms with Crippen LogP contribution in [0.3, 0.4) is 0 Å². The largest absolute Gasteiger partial charge is 0.488 e. The van der Waals surface area contributed by atoms with Crippen LogP contribution in [0.5, 0.6) is 5.75 Å². The summed E-state index contributed by atoms with van der Waals surface area (Å²) in [7, 11) is 0. The van der Waals surface area contributed by atoms with Gasteiger partial charge in [0, 0.05) is 9.61 Å². The Bertz CT molecular complexity index is 974. The van der Waals surface area contributed by atoms with Crippen molar-refractivity contribution in [2.45, 2.75) is 136 Å². The third kappa shape index (κ3) is 6.83. The quantitative estimate of drug-likeness (QED) is 0.138. The van der Waals surface area contributed by atoms with Crippen molar-refractivity contribution in [3.05, 3.63) is 29.8 Å². The van der Waals surface area contributed by atoms with Crippen LogP contribution in [0.4, 0.5) is 11.4 Å². The second kappa shape index (κ2) is 14.5. The fraction of sp³-hybridized carbons (Fsp3) is 0.778. The van der Waals surface area contributed by atoms with E-state index < -0.39 is 0 Å². The number of alkyl halides is 1. The van der Waals surface area contributed by atoms with Gasteiger partial charge in [0.2, 0.25) is 0 Å². The molecule has 0 heterocycles. The molecule has 0 aliphatic heterocycles. The predicted octanol–water partition coefficient (Wildman–Crippen LogP) is 10.9. The Morgan fingerprint density at radius 2 is 1.77 bits per heavy atom. The van der Waals surface area contributed by atoms with Gasteiger partial charge in [-0.3, -0.25) is 0 Å². The first-order valence-corrected chi connectivity index (χ1v) is 18.0. The van der Waals surface area contributed by atoms with E-state index in [0.717, 1.165) is 45.7 Å². The number of hydrogen-bond donors (Lipinski definition) is 2. The van der Waals surface area contributed by atoms with Gasteiger partial charge in [-0.25, -0.2) is 0 Å². The molecule has 9 atom stereocenters. The van der Waals surface area contributed by atoms with Gasteiger partial charge >= 0.3 is 0 Å². The molecule has 40 heavy (non-hydrogen) atoms. The lowest BCUT2D eigenvalue weighted by molar-refractivity contribution is -0.0278. The molecule has 0 aromatic heterocycles.